The molecule has 0 fully saturated rings. The molecule has 0 aromatic heterocycles. The lowest BCUT2D eigenvalue weighted by Gasteiger charge is -2.19. The summed E-state index contributed by atoms with van der Waals surface area (Å²) in [4.78, 5) is 48.1. The van der Waals surface area contributed by atoms with Gasteiger partial charge in [-0.1, -0.05) is 0 Å². The maximum Gasteiger partial charge on any atom is 0.407 e. The third kappa shape index (κ3) is 16.8. The first kappa shape index (κ1) is 33.4. The van der Waals surface area contributed by atoms with E-state index in [2.05, 4.69) is 21.3 Å². The minimum atomic E-state index is -0.575. The van der Waals surface area contributed by atoms with Gasteiger partial charge in [0.15, 0.2) is 0 Å². The first-order chi connectivity index (χ1) is 18.2. The molecule has 4 amide bonds. The van der Waals surface area contributed by atoms with E-state index in [9.17, 15) is 19.2 Å². The third-order valence-electron chi connectivity index (χ3n) is 4.37. The van der Waals surface area contributed by atoms with Gasteiger partial charge in [-0.25, -0.2) is 9.59 Å². The van der Waals surface area contributed by atoms with Crippen LogP contribution >= 0.6 is 0 Å². The summed E-state index contributed by atoms with van der Waals surface area (Å²) in [6, 6.07) is 4.38. The summed E-state index contributed by atoms with van der Waals surface area (Å²) in [7, 11) is 0. The quantitative estimate of drug-likeness (QED) is 0.170. The van der Waals surface area contributed by atoms with Gasteiger partial charge in [-0.15, -0.1) is 0 Å². The number of rotatable bonds is 14. The summed E-state index contributed by atoms with van der Waals surface area (Å²) in [6.45, 7) is 12.6. The van der Waals surface area contributed by atoms with Gasteiger partial charge in [0, 0.05) is 43.0 Å². The zero-order valence-corrected chi connectivity index (χ0v) is 23.7. The van der Waals surface area contributed by atoms with Crippen LogP contribution in [0.2, 0.25) is 0 Å². The van der Waals surface area contributed by atoms with Crippen LogP contribution < -0.4 is 27.0 Å². The molecular formula is C26H43N5O8. The maximum atomic E-state index is 12.5. The fourth-order valence-corrected chi connectivity index (χ4v) is 2.87. The molecule has 13 nitrogen and oxygen atoms in total. The van der Waals surface area contributed by atoms with Crippen LogP contribution in [0.3, 0.4) is 0 Å². The molecule has 220 valence electrons. The molecular weight excluding hydrogens is 510 g/mol. The summed E-state index contributed by atoms with van der Waals surface area (Å²) in [5, 5.41) is 10.5. The van der Waals surface area contributed by atoms with Gasteiger partial charge in [0.2, 0.25) is 0 Å². The van der Waals surface area contributed by atoms with Crippen LogP contribution in [0.5, 0.6) is 0 Å². The highest BCUT2D eigenvalue weighted by atomic mass is 16.6. The van der Waals surface area contributed by atoms with Gasteiger partial charge in [0.05, 0.1) is 26.4 Å². The Bertz CT molecular complexity index is 884. The monoisotopic (exact) mass is 553 g/mol. The van der Waals surface area contributed by atoms with Crippen molar-refractivity contribution < 1.29 is 38.1 Å². The number of nitrogens with one attached hydrogen (secondary N) is 4. The number of benzene rings is 1. The number of carbonyl (C=O) groups excluding carboxylic acids is 4. The number of hydrogen-bond acceptors (Lipinski definition) is 9. The Kier molecular flexibility index (Phi) is 14.1. The molecule has 6 N–H and O–H groups in total. The van der Waals surface area contributed by atoms with E-state index in [-0.39, 0.29) is 69.4 Å². The number of amides is 4. The standard InChI is InChI=1S/C26H43N5O8/c1-25(2,3)38-23(34)30-9-13-36-11-7-28-21(32)18-15-19(17-20(27)16-18)22(33)29-8-12-37-14-10-31-24(35)39-26(4,5)6/h15-17H,7-14,27H2,1-6H3,(H,28,32)(H,29,33)(H,30,34)(H,31,35). The van der Waals surface area contributed by atoms with Crippen LogP contribution in [0.15, 0.2) is 18.2 Å². The summed E-state index contributed by atoms with van der Waals surface area (Å²) >= 11 is 0. The summed E-state index contributed by atoms with van der Waals surface area (Å²) in [5.74, 6) is -0.819. The van der Waals surface area contributed by atoms with Gasteiger partial charge in [0.25, 0.3) is 11.8 Å². The smallest absolute Gasteiger partial charge is 0.407 e. The fourth-order valence-electron chi connectivity index (χ4n) is 2.87. The van der Waals surface area contributed by atoms with Crippen molar-refractivity contribution >= 4 is 29.7 Å². The van der Waals surface area contributed by atoms with E-state index in [1.54, 1.807) is 41.5 Å². The molecule has 0 aliphatic heterocycles. The van der Waals surface area contributed by atoms with Crippen molar-refractivity contribution in [3.05, 3.63) is 29.3 Å². The second kappa shape index (κ2) is 16.4. The first-order valence-corrected chi connectivity index (χ1v) is 12.7. The zero-order valence-electron chi connectivity index (χ0n) is 23.7. The van der Waals surface area contributed by atoms with E-state index in [1.165, 1.54) is 18.2 Å². The molecule has 0 spiro atoms. The highest BCUT2D eigenvalue weighted by molar-refractivity contribution is 6.01. The Morgan fingerprint density at radius 3 is 1.28 bits per heavy atom. The molecule has 0 aliphatic rings. The number of ether oxygens (including phenoxy) is 4. The number of hydrogen-bond donors (Lipinski definition) is 5. The minimum Gasteiger partial charge on any atom is -0.444 e. The summed E-state index contributed by atoms with van der Waals surface area (Å²) in [6.07, 6.45) is -1.05. The van der Waals surface area contributed by atoms with E-state index in [0.717, 1.165) is 0 Å². The van der Waals surface area contributed by atoms with Crippen LogP contribution in [0, 0.1) is 0 Å². The maximum absolute atomic E-state index is 12.5. The van der Waals surface area contributed by atoms with Gasteiger partial charge < -0.3 is 45.9 Å². The molecule has 0 radical (unpaired) electrons. The largest absolute Gasteiger partial charge is 0.444 e. The zero-order chi connectivity index (χ0) is 29.5. The normalized spacial score (nSPS) is 11.3. The predicted octanol–water partition coefficient (Wildman–Crippen LogP) is 1.81. The molecule has 0 saturated carbocycles. The topological polar surface area (TPSA) is 179 Å². The first-order valence-electron chi connectivity index (χ1n) is 12.7. The van der Waals surface area contributed by atoms with Crippen LogP contribution in [0.1, 0.15) is 62.3 Å². The Balaban J connectivity index is 2.29. The van der Waals surface area contributed by atoms with E-state index in [4.69, 9.17) is 24.7 Å². The highest BCUT2D eigenvalue weighted by Crippen LogP contribution is 2.12. The van der Waals surface area contributed by atoms with Gasteiger partial charge in [-0.3, -0.25) is 9.59 Å². The number of nitrogen functional groups attached to an aromatic ring is 1. The minimum absolute atomic E-state index is 0.224. The molecule has 0 unspecified atom stereocenters. The second-order valence-electron chi connectivity index (χ2n) is 10.4. The van der Waals surface area contributed by atoms with Gasteiger partial charge >= 0.3 is 12.2 Å². The number of alkyl carbamates (subject to hydrolysis) is 2. The Morgan fingerprint density at radius 2 is 0.949 bits per heavy atom. The highest BCUT2D eigenvalue weighted by Gasteiger charge is 2.16. The molecule has 1 rings (SSSR count). The van der Waals surface area contributed by atoms with Crippen molar-refractivity contribution in [2.75, 3.05) is 58.3 Å². The Morgan fingerprint density at radius 1 is 0.615 bits per heavy atom. The molecule has 1 aromatic rings. The van der Waals surface area contributed by atoms with Crippen molar-refractivity contribution in [2.24, 2.45) is 0 Å². The van der Waals surface area contributed by atoms with Crippen molar-refractivity contribution in [3.8, 4) is 0 Å². The second-order valence-corrected chi connectivity index (χ2v) is 10.4. The molecule has 0 atom stereocenters. The van der Waals surface area contributed by atoms with E-state index >= 15 is 0 Å². The summed E-state index contributed by atoms with van der Waals surface area (Å²) in [5.41, 5.74) is 5.46. The van der Waals surface area contributed by atoms with Crippen LogP contribution in [0.4, 0.5) is 15.3 Å². The van der Waals surface area contributed by atoms with Crippen LogP contribution in [-0.2, 0) is 18.9 Å². The lowest BCUT2D eigenvalue weighted by Crippen LogP contribution is -2.35. The molecule has 0 bridgehead atoms. The third-order valence-corrected chi connectivity index (χ3v) is 4.37. The SMILES string of the molecule is CC(C)(C)OC(=O)NCCOCCNC(=O)c1cc(N)cc(C(=O)NCCOCCNC(=O)OC(C)(C)C)c1. The van der Waals surface area contributed by atoms with Crippen LogP contribution in [0.25, 0.3) is 0 Å². The number of anilines is 1. The molecule has 1 aromatic carbocycles. The number of nitrogens with two attached hydrogens (primary N) is 1. The van der Waals surface area contributed by atoms with Crippen molar-refractivity contribution in [2.45, 2.75) is 52.7 Å². The molecule has 0 aliphatic carbocycles. The van der Waals surface area contributed by atoms with Crippen molar-refractivity contribution in [1.82, 2.24) is 21.3 Å². The number of carbonyl (C=O) groups is 4. The average Bonchev–Trinajstić information content (AvgIpc) is 2.79. The van der Waals surface area contributed by atoms with Crippen molar-refractivity contribution in [3.63, 3.8) is 0 Å². The van der Waals surface area contributed by atoms with Gasteiger partial charge in [0.1, 0.15) is 11.2 Å². The van der Waals surface area contributed by atoms with Crippen LogP contribution in [-0.4, -0.2) is 87.8 Å². The predicted molar refractivity (Wildman–Crippen MR) is 146 cm³/mol. The van der Waals surface area contributed by atoms with Gasteiger partial charge in [-0.05, 0) is 59.7 Å². The van der Waals surface area contributed by atoms with E-state index in [1.807, 2.05) is 0 Å². The fraction of sp³-hybridized carbons (Fsp3) is 0.615. The van der Waals surface area contributed by atoms with E-state index < -0.39 is 35.2 Å². The molecule has 0 saturated heterocycles. The lowest BCUT2D eigenvalue weighted by atomic mass is 10.1. The Hall–Kier alpha value is -3.58. The Labute approximate surface area is 229 Å². The lowest BCUT2D eigenvalue weighted by molar-refractivity contribution is 0.0489. The summed E-state index contributed by atoms with van der Waals surface area (Å²) < 4.78 is 21.0. The van der Waals surface area contributed by atoms with E-state index in [0.29, 0.717) is 0 Å². The molecule has 0 heterocycles. The van der Waals surface area contributed by atoms with Gasteiger partial charge in [-0.2, -0.15) is 0 Å². The van der Waals surface area contributed by atoms with Crippen molar-refractivity contribution in [1.29, 1.82) is 0 Å². The molecule has 13 heteroatoms. The molecule has 39 heavy (non-hydrogen) atoms. The average molecular weight is 554 g/mol.